The maximum Gasteiger partial charge on any atom is 0.288 e. The number of methoxy groups -OCH3 is 1. The van der Waals surface area contributed by atoms with Crippen LogP contribution in [0.2, 0.25) is 10.0 Å². The minimum atomic E-state index is -0.362. The molecule has 1 fully saturated rings. The molecular formula is C16H17Cl2N3O2. The highest BCUT2D eigenvalue weighted by Crippen LogP contribution is 2.29. The number of rotatable bonds is 6. The van der Waals surface area contributed by atoms with Crippen molar-refractivity contribution in [2.45, 2.75) is 32.1 Å². The van der Waals surface area contributed by atoms with Crippen molar-refractivity contribution in [2.75, 3.05) is 7.11 Å². The normalized spacial score (nSPS) is 14.3. The van der Waals surface area contributed by atoms with E-state index in [4.69, 9.17) is 27.9 Å². The molecule has 0 aliphatic heterocycles. The SMILES string of the molecule is COc1ccc(CN(Cn2ncc(Cl)c(Cl)c2=O)C2CC2)cc1. The van der Waals surface area contributed by atoms with Gasteiger partial charge in [0.1, 0.15) is 10.8 Å². The van der Waals surface area contributed by atoms with E-state index in [1.165, 1.54) is 10.9 Å². The first kappa shape index (κ1) is 16.3. The second-order valence-corrected chi connectivity index (χ2v) is 6.36. The fourth-order valence-electron chi connectivity index (χ4n) is 2.42. The lowest BCUT2D eigenvalue weighted by Crippen LogP contribution is -2.35. The molecule has 0 bridgehead atoms. The molecule has 0 atom stereocenters. The summed E-state index contributed by atoms with van der Waals surface area (Å²) in [5.41, 5.74) is 0.797. The number of benzene rings is 1. The second kappa shape index (κ2) is 6.91. The summed E-state index contributed by atoms with van der Waals surface area (Å²) in [4.78, 5) is 14.4. The topological polar surface area (TPSA) is 47.4 Å². The molecule has 0 N–H and O–H groups in total. The van der Waals surface area contributed by atoms with E-state index in [2.05, 4.69) is 10.00 Å². The van der Waals surface area contributed by atoms with Crippen LogP contribution in [-0.4, -0.2) is 27.8 Å². The van der Waals surface area contributed by atoms with Gasteiger partial charge in [0.25, 0.3) is 5.56 Å². The lowest BCUT2D eigenvalue weighted by molar-refractivity contribution is 0.183. The first-order valence-electron chi connectivity index (χ1n) is 7.36. The molecule has 0 saturated heterocycles. The summed E-state index contributed by atoms with van der Waals surface area (Å²) >= 11 is 11.7. The predicted octanol–water partition coefficient (Wildman–Crippen LogP) is 3.18. The van der Waals surface area contributed by atoms with Crippen LogP contribution in [0.25, 0.3) is 0 Å². The molecule has 0 spiro atoms. The van der Waals surface area contributed by atoms with Crippen LogP contribution < -0.4 is 10.3 Å². The molecule has 1 aromatic heterocycles. The van der Waals surface area contributed by atoms with E-state index < -0.39 is 0 Å². The van der Waals surface area contributed by atoms with Crippen molar-refractivity contribution in [1.82, 2.24) is 14.7 Å². The second-order valence-electron chi connectivity index (χ2n) is 5.58. The fourth-order valence-corrected chi connectivity index (χ4v) is 2.69. The van der Waals surface area contributed by atoms with E-state index in [1.807, 2.05) is 24.3 Å². The van der Waals surface area contributed by atoms with Gasteiger partial charge in [-0.15, -0.1) is 0 Å². The Morgan fingerprint density at radius 1 is 1.30 bits per heavy atom. The molecule has 1 heterocycles. The summed E-state index contributed by atoms with van der Waals surface area (Å²) in [6.45, 7) is 1.13. The number of ether oxygens (including phenoxy) is 1. The molecule has 5 nitrogen and oxygen atoms in total. The van der Waals surface area contributed by atoms with Crippen molar-refractivity contribution >= 4 is 23.2 Å². The standard InChI is InChI=1S/C16H17Cl2N3O2/c1-23-13-6-2-11(3-7-13)9-20(12-4-5-12)10-21-16(22)15(18)14(17)8-19-21/h2-3,6-8,12H,4-5,9-10H2,1H3. The largest absolute Gasteiger partial charge is 0.497 e. The maximum atomic E-state index is 12.1. The van der Waals surface area contributed by atoms with Gasteiger partial charge in [-0.25, -0.2) is 4.68 Å². The number of halogens is 2. The summed E-state index contributed by atoms with van der Waals surface area (Å²) in [5.74, 6) is 0.828. The Kier molecular flexibility index (Phi) is 4.90. The van der Waals surface area contributed by atoms with Gasteiger partial charge in [0.15, 0.2) is 0 Å². The molecule has 122 valence electrons. The van der Waals surface area contributed by atoms with Gasteiger partial charge < -0.3 is 4.74 Å². The number of hydrogen-bond donors (Lipinski definition) is 0. The highest BCUT2D eigenvalue weighted by Gasteiger charge is 2.29. The molecule has 1 saturated carbocycles. The van der Waals surface area contributed by atoms with Gasteiger partial charge in [-0.05, 0) is 30.5 Å². The minimum absolute atomic E-state index is 0.0156. The van der Waals surface area contributed by atoms with Crippen molar-refractivity contribution in [3.8, 4) is 5.75 Å². The molecule has 0 unspecified atom stereocenters. The highest BCUT2D eigenvalue weighted by molar-refractivity contribution is 6.41. The Morgan fingerprint density at radius 2 is 2.00 bits per heavy atom. The van der Waals surface area contributed by atoms with Gasteiger partial charge >= 0.3 is 0 Å². The predicted molar refractivity (Wildman–Crippen MR) is 90.1 cm³/mol. The average molecular weight is 354 g/mol. The Labute approximate surface area is 144 Å². The minimum Gasteiger partial charge on any atom is -0.497 e. The van der Waals surface area contributed by atoms with Crippen molar-refractivity contribution < 1.29 is 4.74 Å². The van der Waals surface area contributed by atoms with Crippen LogP contribution in [-0.2, 0) is 13.2 Å². The summed E-state index contributed by atoms with van der Waals surface area (Å²) in [7, 11) is 1.65. The third-order valence-electron chi connectivity index (χ3n) is 3.87. The number of aromatic nitrogens is 2. The third-order valence-corrected chi connectivity index (χ3v) is 4.61. The van der Waals surface area contributed by atoms with Crippen molar-refractivity contribution in [2.24, 2.45) is 0 Å². The van der Waals surface area contributed by atoms with Gasteiger partial charge in [0, 0.05) is 12.6 Å². The van der Waals surface area contributed by atoms with Gasteiger partial charge in [-0.1, -0.05) is 35.3 Å². The van der Waals surface area contributed by atoms with E-state index in [0.29, 0.717) is 12.7 Å². The molecule has 1 aromatic carbocycles. The molecule has 2 aromatic rings. The first-order valence-corrected chi connectivity index (χ1v) is 8.12. The molecule has 7 heteroatoms. The van der Waals surface area contributed by atoms with Crippen molar-refractivity contribution in [3.63, 3.8) is 0 Å². The summed E-state index contributed by atoms with van der Waals surface area (Å²) in [6, 6.07) is 8.40. The van der Waals surface area contributed by atoms with Crippen molar-refractivity contribution in [1.29, 1.82) is 0 Å². The number of nitrogens with zero attached hydrogens (tertiary/aromatic N) is 3. The zero-order chi connectivity index (χ0) is 16.4. The Balaban J connectivity index is 1.77. The molecule has 1 aliphatic rings. The average Bonchev–Trinajstić information content (AvgIpc) is 3.40. The van der Waals surface area contributed by atoms with E-state index in [1.54, 1.807) is 7.11 Å². The Hall–Kier alpha value is -1.56. The van der Waals surface area contributed by atoms with Gasteiger partial charge in [0.2, 0.25) is 0 Å². The van der Waals surface area contributed by atoms with Crippen molar-refractivity contribution in [3.05, 3.63) is 56.4 Å². The summed E-state index contributed by atoms with van der Waals surface area (Å²) < 4.78 is 6.53. The van der Waals surface area contributed by atoms with Gasteiger partial charge in [-0.2, -0.15) is 5.10 Å². The molecule has 23 heavy (non-hydrogen) atoms. The zero-order valence-electron chi connectivity index (χ0n) is 12.7. The monoisotopic (exact) mass is 353 g/mol. The van der Waals surface area contributed by atoms with E-state index in [0.717, 1.165) is 30.7 Å². The summed E-state index contributed by atoms with van der Waals surface area (Å²) in [5, 5.41) is 4.28. The van der Waals surface area contributed by atoms with Crippen LogP contribution in [0, 0.1) is 0 Å². The van der Waals surface area contributed by atoms with Crippen LogP contribution in [0.4, 0.5) is 0 Å². The van der Waals surface area contributed by atoms with E-state index in [9.17, 15) is 4.79 Å². The quantitative estimate of drug-likeness (QED) is 0.800. The molecular weight excluding hydrogens is 337 g/mol. The summed E-state index contributed by atoms with van der Waals surface area (Å²) in [6.07, 6.45) is 3.67. The fraction of sp³-hybridized carbons (Fsp3) is 0.375. The van der Waals surface area contributed by atoms with Crippen LogP contribution in [0.3, 0.4) is 0 Å². The van der Waals surface area contributed by atoms with Crippen LogP contribution in [0.1, 0.15) is 18.4 Å². The van der Waals surface area contributed by atoms with Crippen LogP contribution in [0.5, 0.6) is 5.75 Å². The number of hydrogen-bond acceptors (Lipinski definition) is 4. The van der Waals surface area contributed by atoms with Gasteiger partial charge in [-0.3, -0.25) is 9.69 Å². The Bertz CT molecular complexity index is 742. The zero-order valence-corrected chi connectivity index (χ0v) is 14.2. The van der Waals surface area contributed by atoms with Gasteiger partial charge in [0.05, 0.1) is 25.0 Å². The first-order chi connectivity index (χ1) is 11.1. The lowest BCUT2D eigenvalue weighted by atomic mass is 10.2. The Morgan fingerprint density at radius 3 is 2.61 bits per heavy atom. The highest BCUT2D eigenvalue weighted by atomic mass is 35.5. The molecule has 0 radical (unpaired) electrons. The molecule has 1 aliphatic carbocycles. The third kappa shape index (κ3) is 3.86. The van der Waals surface area contributed by atoms with Crippen LogP contribution >= 0.6 is 23.2 Å². The van der Waals surface area contributed by atoms with Crippen LogP contribution in [0.15, 0.2) is 35.3 Å². The molecule has 3 rings (SSSR count). The van der Waals surface area contributed by atoms with E-state index >= 15 is 0 Å². The molecule has 0 amide bonds. The maximum absolute atomic E-state index is 12.1. The van der Waals surface area contributed by atoms with E-state index in [-0.39, 0.29) is 15.6 Å². The smallest absolute Gasteiger partial charge is 0.288 e. The lowest BCUT2D eigenvalue weighted by Gasteiger charge is -2.22.